The Hall–Kier alpha value is -5.39. The molecule has 12 heteroatoms. The summed E-state index contributed by atoms with van der Waals surface area (Å²) in [4.78, 5) is 69.8. The lowest BCUT2D eigenvalue weighted by Crippen LogP contribution is -2.60. The molecule has 3 aromatic carbocycles. The molecule has 12 nitrogen and oxygen atoms in total. The summed E-state index contributed by atoms with van der Waals surface area (Å²) >= 11 is 0. The second-order valence-corrected chi connectivity index (χ2v) is 14.7. The molecule has 6 amide bonds. The number of alkyl carbamates (subject to hydrolysis) is 1. The Bertz CT molecular complexity index is 1660. The van der Waals surface area contributed by atoms with Crippen molar-refractivity contribution >= 4 is 29.8 Å². The number of fused-ring (bicyclic) bond motifs is 1. The first kappa shape index (κ1) is 38.8. The number of nitrogens with zero attached hydrogens (tertiary/aromatic N) is 1. The van der Waals surface area contributed by atoms with Crippen LogP contribution in [-0.2, 0) is 25.7 Å². The van der Waals surface area contributed by atoms with Gasteiger partial charge in [-0.1, -0.05) is 97.9 Å². The summed E-state index contributed by atoms with van der Waals surface area (Å²) in [5, 5.41) is 14.5. The molecule has 2 aliphatic heterocycles. The van der Waals surface area contributed by atoms with Gasteiger partial charge in [0, 0.05) is 25.0 Å². The van der Waals surface area contributed by atoms with Crippen molar-refractivity contribution in [2.45, 2.75) is 102 Å². The molecular formula is C41H52N6O6. The van der Waals surface area contributed by atoms with Gasteiger partial charge in [-0.25, -0.2) is 9.59 Å². The topological polar surface area (TPSA) is 158 Å². The van der Waals surface area contributed by atoms with E-state index >= 15 is 0 Å². The van der Waals surface area contributed by atoms with E-state index in [-0.39, 0.29) is 24.9 Å². The lowest BCUT2D eigenvalue weighted by molar-refractivity contribution is -0.143. The number of nitrogens with one attached hydrogen (secondary N) is 5. The first-order valence-electron chi connectivity index (χ1n) is 18.5. The molecular weight excluding hydrogens is 672 g/mol. The molecule has 5 atom stereocenters. The van der Waals surface area contributed by atoms with Gasteiger partial charge in [-0.05, 0) is 69.6 Å². The average Bonchev–Trinajstić information content (AvgIpc) is 3.53. The van der Waals surface area contributed by atoms with Gasteiger partial charge in [-0.2, -0.15) is 0 Å². The monoisotopic (exact) mass is 724 g/mol. The molecule has 0 saturated carbocycles. The van der Waals surface area contributed by atoms with Crippen LogP contribution in [0.5, 0.6) is 0 Å². The van der Waals surface area contributed by atoms with Crippen LogP contribution in [0, 0.1) is 5.92 Å². The quantitative estimate of drug-likeness (QED) is 0.178. The third-order valence-corrected chi connectivity index (χ3v) is 9.75. The predicted octanol–water partition coefficient (Wildman–Crippen LogP) is 4.95. The van der Waals surface area contributed by atoms with Gasteiger partial charge >= 0.3 is 12.1 Å². The fourth-order valence-electron chi connectivity index (χ4n) is 7.10. The summed E-state index contributed by atoms with van der Waals surface area (Å²) in [5.74, 6) is -1.71. The van der Waals surface area contributed by atoms with Crippen LogP contribution in [0.1, 0.15) is 82.5 Å². The standard InChI is InChI=1S/C41H52N6O6/c1-5-32(44-40(52)53-41(2,3)4)36(48)46-35-30(26-43-39(51)42-25-27-15-9-6-10-16-27)21-22-31-23-24-33(47(31)38(35)50)37(49)45-34(28-17-11-7-12-18-28)29-19-13-8-14-20-29/h6-20,30-35H,5,21-26H2,1-4H3,(H,44,52)(H,45,49)(H,46,48)(H2,42,43,51)/t30?,31?,32-,33?,35?/m0/s1. The second kappa shape index (κ2) is 17.9. The van der Waals surface area contributed by atoms with Crippen LogP contribution in [0.25, 0.3) is 0 Å². The third-order valence-electron chi connectivity index (χ3n) is 9.75. The first-order valence-corrected chi connectivity index (χ1v) is 18.5. The van der Waals surface area contributed by atoms with Crippen LogP contribution in [0.15, 0.2) is 91.0 Å². The van der Waals surface area contributed by atoms with Gasteiger partial charge in [0.25, 0.3) is 0 Å². The maximum absolute atomic E-state index is 14.7. The summed E-state index contributed by atoms with van der Waals surface area (Å²) in [6, 6.07) is 25.0. The fourth-order valence-corrected chi connectivity index (χ4v) is 7.10. The number of amides is 6. The third kappa shape index (κ3) is 10.6. The minimum Gasteiger partial charge on any atom is -0.444 e. The highest BCUT2D eigenvalue weighted by Gasteiger charge is 2.48. The van der Waals surface area contributed by atoms with Gasteiger partial charge < -0.3 is 36.2 Å². The van der Waals surface area contributed by atoms with Gasteiger partial charge in [0.15, 0.2) is 0 Å². The molecule has 2 heterocycles. The average molecular weight is 725 g/mol. The normalized spacial score (nSPS) is 20.4. The largest absolute Gasteiger partial charge is 0.444 e. The Kier molecular flexibility index (Phi) is 13.1. The van der Waals surface area contributed by atoms with Gasteiger partial charge in [0.1, 0.15) is 23.7 Å². The smallest absolute Gasteiger partial charge is 0.408 e. The SMILES string of the molecule is CC[C@H](NC(=O)OC(C)(C)C)C(=O)NC1C(=O)N2C(CCC1CNC(=O)NCc1ccccc1)CCC2C(=O)NC(c1ccccc1)c1ccccc1. The molecule has 0 aromatic heterocycles. The lowest BCUT2D eigenvalue weighted by atomic mass is 9.92. The number of carbonyl (C=O) groups is 5. The van der Waals surface area contributed by atoms with E-state index in [1.54, 1.807) is 32.6 Å². The minimum absolute atomic E-state index is 0.106. The maximum atomic E-state index is 14.7. The number of ether oxygens (including phenoxy) is 1. The minimum atomic E-state index is -1.07. The highest BCUT2D eigenvalue weighted by atomic mass is 16.6. The van der Waals surface area contributed by atoms with Crippen molar-refractivity contribution in [3.8, 4) is 0 Å². The highest BCUT2D eigenvalue weighted by Crippen LogP contribution is 2.35. The molecule has 3 aromatic rings. The van der Waals surface area contributed by atoms with Crippen molar-refractivity contribution in [2.75, 3.05) is 6.54 Å². The van der Waals surface area contributed by atoms with E-state index in [1.807, 2.05) is 91.0 Å². The molecule has 53 heavy (non-hydrogen) atoms. The van der Waals surface area contributed by atoms with Crippen molar-refractivity contribution in [3.05, 3.63) is 108 Å². The predicted molar refractivity (Wildman–Crippen MR) is 201 cm³/mol. The van der Waals surface area contributed by atoms with Gasteiger partial charge in [0.05, 0.1) is 6.04 Å². The Labute approximate surface area is 311 Å². The van der Waals surface area contributed by atoms with E-state index in [0.717, 1.165) is 16.7 Å². The molecule has 0 radical (unpaired) electrons. The molecule has 2 aliphatic rings. The number of urea groups is 1. The first-order chi connectivity index (χ1) is 25.4. The number of hydrogen-bond donors (Lipinski definition) is 5. The summed E-state index contributed by atoms with van der Waals surface area (Å²) in [5.41, 5.74) is 1.99. The van der Waals surface area contributed by atoms with E-state index in [4.69, 9.17) is 4.74 Å². The van der Waals surface area contributed by atoms with E-state index < -0.39 is 59.6 Å². The summed E-state index contributed by atoms with van der Waals surface area (Å²) < 4.78 is 5.38. The zero-order valence-corrected chi connectivity index (χ0v) is 31.0. The van der Waals surface area contributed by atoms with Crippen LogP contribution < -0.4 is 26.6 Å². The molecule has 0 spiro atoms. The Morgan fingerprint density at radius 1 is 0.792 bits per heavy atom. The molecule has 0 aliphatic carbocycles. The molecule has 4 unspecified atom stereocenters. The second-order valence-electron chi connectivity index (χ2n) is 14.7. The Morgan fingerprint density at radius 3 is 1.96 bits per heavy atom. The van der Waals surface area contributed by atoms with Crippen molar-refractivity contribution in [2.24, 2.45) is 5.92 Å². The summed E-state index contributed by atoms with van der Waals surface area (Å²) in [6.07, 6.45) is 1.70. The van der Waals surface area contributed by atoms with Crippen molar-refractivity contribution in [1.29, 1.82) is 0 Å². The fraction of sp³-hybridized carbons (Fsp3) is 0.439. The Morgan fingerprint density at radius 2 is 1.38 bits per heavy atom. The number of rotatable bonds is 12. The number of carbonyl (C=O) groups excluding carboxylic acids is 5. The summed E-state index contributed by atoms with van der Waals surface area (Å²) in [7, 11) is 0. The van der Waals surface area contributed by atoms with Crippen molar-refractivity contribution < 1.29 is 28.7 Å². The molecule has 5 N–H and O–H groups in total. The molecule has 2 saturated heterocycles. The van der Waals surface area contributed by atoms with Crippen LogP contribution in [0.3, 0.4) is 0 Å². The zero-order valence-electron chi connectivity index (χ0n) is 31.0. The molecule has 282 valence electrons. The van der Waals surface area contributed by atoms with E-state index in [9.17, 15) is 24.0 Å². The number of benzene rings is 3. The van der Waals surface area contributed by atoms with Crippen LogP contribution in [0.4, 0.5) is 9.59 Å². The van der Waals surface area contributed by atoms with Crippen molar-refractivity contribution in [1.82, 2.24) is 31.5 Å². The molecule has 5 rings (SSSR count). The molecule has 2 fully saturated rings. The van der Waals surface area contributed by atoms with Gasteiger partial charge in [-0.3, -0.25) is 14.4 Å². The van der Waals surface area contributed by atoms with Crippen molar-refractivity contribution in [3.63, 3.8) is 0 Å². The molecule has 0 bridgehead atoms. The summed E-state index contributed by atoms with van der Waals surface area (Å²) in [6.45, 7) is 7.37. The van der Waals surface area contributed by atoms with E-state index in [0.29, 0.717) is 32.2 Å². The lowest BCUT2D eigenvalue weighted by Gasteiger charge is -2.33. The maximum Gasteiger partial charge on any atom is 0.408 e. The van der Waals surface area contributed by atoms with Gasteiger partial charge in [0.2, 0.25) is 17.7 Å². The highest BCUT2D eigenvalue weighted by molar-refractivity contribution is 5.95. The Balaban J connectivity index is 1.36. The van der Waals surface area contributed by atoms with Crippen LogP contribution >= 0.6 is 0 Å². The number of hydrogen-bond acceptors (Lipinski definition) is 6. The van der Waals surface area contributed by atoms with Crippen LogP contribution in [-0.4, -0.2) is 71.1 Å². The van der Waals surface area contributed by atoms with Crippen LogP contribution in [0.2, 0.25) is 0 Å². The van der Waals surface area contributed by atoms with Gasteiger partial charge in [-0.15, -0.1) is 0 Å². The van der Waals surface area contributed by atoms with E-state index in [2.05, 4.69) is 26.6 Å². The van der Waals surface area contributed by atoms with E-state index in [1.165, 1.54) is 0 Å². The zero-order chi connectivity index (χ0) is 38.0.